The maximum atomic E-state index is 12.7. The smallest absolute Gasteiger partial charge is 0.415 e. The molecule has 4 rings (SSSR count). The molecule has 0 fully saturated rings. The van der Waals surface area contributed by atoms with Crippen LogP contribution in [0.2, 0.25) is 0 Å². The maximum absolute atomic E-state index is 12.7. The number of hydrogen-bond donors (Lipinski definition) is 0. The first-order valence-corrected chi connectivity index (χ1v) is 9.51. The minimum absolute atomic E-state index is 0.0125. The molecule has 0 N–H and O–H groups in total. The quantitative estimate of drug-likeness (QED) is 0.686. The summed E-state index contributed by atoms with van der Waals surface area (Å²) in [6.45, 7) is 2.71. The highest BCUT2D eigenvalue weighted by atomic mass is 32.1. The molecule has 3 aromatic rings. The summed E-state index contributed by atoms with van der Waals surface area (Å²) in [6.07, 6.45) is 1.79. The van der Waals surface area contributed by atoms with E-state index in [4.69, 9.17) is 9.15 Å². The summed E-state index contributed by atoms with van der Waals surface area (Å²) >= 11 is 1.77. The number of benzene rings is 1. The Hall–Kier alpha value is -2.67. The van der Waals surface area contributed by atoms with Crippen LogP contribution in [0.15, 0.2) is 46.2 Å². The van der Waals surface area contributed by atoms with Crippen LogP contribution in [0.5, 0.6) is 6.08 Å². The Bertz CT molecular complexity index is 890. The number of carbonyl (C=O) groups is 1. The summed E-state index contributed by atoms with van der Waals surface area (Å²) in [5.41, 5.74) is 2.08. The first kappa shape index (κ1) is 16.8. The number of nitrogens with zero attached hydrogens (tertiary/aromatic N) is 3. The summed E-state index contributed by atoms with van der Waals surface area (Å²) < 4.78 is 10.9. The average Bonchev–Trinajstić information content (AvgIpc) is 3.35. The normalized spacial score (nSPS) is 16.3. The van der Waals surface area contributed by atoms with Crippen LogP contribution in [-0.4, -0.2) is 34.2 Å². The van der Waals surface area contributed by atoms with Gasteiger partial charge in [0.25, 0.3) is 11.8 Å². The highest BCUT2D eigenvalue weighted by Crippen LogP contribution is 2.35. The van der Waals surface area contributed by atoms with E-state index >= 15 is 0 Å². The molecular weight excluding hydrogens is 350 g/mol. The van der Waals surface area contributed by atoms with Crippen molar-refractivity contribution in [3.8, 4) is 17.5 Å². The predicted molar refractivity (Wildman–Crippen MR) is 98.0 cm³/mol. The Morgan fingerprint density at radius 1 is 1.31 bits per heavy atom. The zero-order valence-corrected chi connectivity index (χ0v) is 15.2. The number of carbonyl (C=O) groups excluding carboxylic acids is 1. The summed E-state index contributed by atoms with van der Waals surface area (Å²) in [6, 6.07) is 11.7. The Morgan fingerprint density at radius 3 is 2.96 bits per heavy atom. The fourth-order valence-electron chi connectivity index (χ4n) is 3.31. The lowest BCUT2D eigenvalue weighted by Gasteiger charge is -2.35. The van der Waals surface area contributed by atoms with E-state index in [9.17, 15) is 4.79 Å². The second-order valence-electron chi connectivity index (χ2n) is 6.09. The van der Waals surface area contributed by atoms with Crippen molar-refractivity contribution in [2.75, 3.05) is 13.2 Å². The Kier molecular flexibility index (Phi) is 4.71. The van der Waals surface area contributed by atoms with Crippen LogP contribution in [0.1, 0.15) is 29.8 Å². The minimum Gasteiger partial charge on any atom is -0.439 e. The molecule has 7 heteroatoms. The first-order valence-electron chi connectivity index (χ1n) is 8.63. The lowest BCUT2D eigenvalue weighted by atomic mass is 9.98. The number of aromatic nitrogens is 2. The highest BCUT2D eigenvalue weighted by Gasteiger charge is 2.30. The van der Waals surface area contributed by atoms with Crippen LogP contribution in [0.25, 0.3) is 11.5 Å². The Morgan fingerprint density at radius 2 is 2.15 bits per heavy atom. The molecule has 26 heavy (non-hydrogen) atoms. The summed E-state index contributed by atoms with van der Waals surface area (Å²) in [5.74, 6) is 0.313. The van der Waals surface area contributed by atoms with E-state index in [1.165, 1.54) is 10.4 Å². The molecule has 1 unspecified atom stereocenters. The number of hydrogen-bond acceptors (Lipinski definition) is 6. The van der Waals surface area contributed by atoms with E-state index in [1.54, 1.807) is 11.3 Å². The van der Waals surface area contributed by atoms with Gasteiger partial charge >= 0.3 is 6.08 Å². The molecule has 0 spiro atoms. The van der Waals surface area contributed by atoms with Gasteiger partial charge in [0.05, 0.1) is 6.04 Å². The van der Waals surface area contributed by atoms with Crippen molar-refractivity contribution in [2.24, 2.45) is 0 Å². The monoisotopic (exact) mass is 369 g/mol. The zero-order chi connectivity index (χ0) is 17.9. The molecule has 1 aliphatic rings. The molecule has 1 aliphatic heterocycles. The fourth-order valence-corrected chi connectivity index (χ4v) is 4.24. The lowest BCUT2D eigenvalue weighted by Crippen LogP contribution is -2.41. The third-order valence-corrected chi connectivity index (χ3v) is 5.54. The van der Waals surface area contributed by atoms with Gasteiger partial charge in [-0.1, -0.05) is 30.2 Å². The molecule has 1 aromatic carbocycles. The molecule has 0 bridgehead atoms. The van der Waals surface area contributed by atoms with Crippen molar-refractivity contribution >= 4 is 17.2 Å². The van der Waals surface area contributed by atoms with Crippen molar-refractivity contribution in [1.82, 2.24) is 15.1 Å². The lowest BCUT2D eigenvalue weighted by molar-refractivity contribution is -0.136. The van der Waals surface area contributed by atoms with Crippen LogP contribution in [0.4, 0.5) is 0 Å². The van der Waals surface area contributed by atoms with Crippen LogP contribution >= 0.6 is 11.3 Å². The number of rotatable bonds is 5. The van der Waals surface area contributed by atoms with Crippen LogP contribution in [0.3, 0.4) is 0 Å². The Balaban J connectivity index is 1.41. The maximum Gasteiger partial charge on any atom is 0.415 e. The topological polar surface area (TPSA) is 68.5 Å². The van der Waals surface area contributed by atoms with Crippen molar-refractivity contribution < 1.29 is 13.9 Å². The molecule has 6 nitrogen and oxygen atoms in total. The molecule has 134 valence electrons. The standard InChI is InChI=1S/C19H19N3O3S/c1-2-15-14-9-11-26-16(14)8-10-22(15)17(23)12-24-19-21-20-18(25-19)13-6-4-3-5-7-13/h3-7,9,11,15H,2,8,10,12H2,1H3. The van der Waals surface area contributed by atoms with Crippen LogP contribution in [-0.2, 0) is 11.2 Å². The van der Waals surface area contributed by atoms with E-state index < -0.39 is 0 Å². The van der Waals surface area contributed by atoms with E-state index in [1.807, 2.05) is 35.2 Å². The van der Waals surface area contributed by atoms with Gasteiger partial charge in [-0.15, -0.1) is 16.4 Å². The second kappa shape index (κ2) is 7.29. The number of ether oxygens (including phenoxy) is 1. The largest absolute Gasteiger partial charge is 0.439 e. The first-order chi connectivity index (χ1) is 12.8. The molecule has 3 heterocycles. The molecule has 0 radical (unpaired) electrons. The third kappa shape index (κ3) is 3.22. The van der Waals surface area contributed by atoms with Crippen molar-refractivity contribution in [1.29, 1.82) is 0 Å². The van der Waals surface area contributed by atoms with Gasteiger partial charge in [0, 0.05) is 17.0 Å². The van der Waals surface area contributed by atoms with Crippen molar-refractivity contribution in [3.63, 3.8) is 0 Å². The third-order valence-electron chi connectivity index (χ3n) is 4.55. The summed E-state index contributed by atoms with van der Waals surface area (Å²) in [5, 5.41) is 9.93. The minimum atomic E-state index is -0.105. The van der Waals surface area contributed by atoms with Gasteiger partial charge in [-0.2, -0.15) is 0 Å². The van der Waals surface area contributed by atoms with Crippen molar-refractivity contribution in [3.05, 3.63) is 52.2 Å². The summed E-state index contributed by atoms with van der Waals surface area (Å²) in [4.78, 5) is 15.9. The van der Waals surface area contributed by atoms with Gasteiger partial charge in [-0.3, -0.25) is 4.79 Å². The SMILES string of the molecule is CCC1c2ccsc2CCN1C(=O)COc1nnc(-c2ccccc2)o1. The Labute approximate surface area is 155 Å². The van der Waals surface area contributed by atoms with E-state index in [2.05, 4.69) is 28.6 Å². The van der Waals surface area contributed by atoms with Gasteiger partial charge in [-0.25, -0.2) is 0 Å². The highest BCUT2D eigenvalue weighted by molar-refractivity contribution is 7.10. The molecule has 1 amide bonds. The molecule has 0 aliphatic carbocycles. The molecule has 0 saturated carbocycles. The molecule has 2 aromatic heterocycles. The van der Waals surface area contributed by atoms with E-state index in [0.717, 1.165) is 18.4 Å². The molecular formula is C19H19N3O3S. The van der Waals surface area contributed by atoms with E-state index in [-0.39, 0.29) is 24.6 Å². The van der Waals surface area contributed by atoms with Gasteiger partial charge < -0.3 is 14.1 Å². The molecule has 1 atom stereocenters. The predicted octanol–water partition coefficient (Wildman–Crippen LogP) is 3.71. The average molecular weight is 369 g/mol. The number of amides is 1. The van der Waals surface area contributed by atoms with Crippen LogP contribution in [0, 0.1) is 0 Å². The summed E-state index contributed by atoms with van der Waals surface area (Å²) in [7, 11) is 0. The van der Waals surface area contributed by atoms with Crippen molar-refractivity contribution in [2.45, 2.75) is 25.8 Å². The fraction of sp³-hybridized carbons (Fsp3) is 0.316. The molecule has 0 saturated heterocycles. The van der Waals surface area contributed by atoms with Crippen LogP contribution < -0.4 is 4.74 Å². The number of fused-ring (bicyclic) bond motifs is 1. The van der Waals surface area contributed by atoms with E-state index in [0.29, 0.717) is 12.4 Å². The number of thiophene rings is 1. The van der Waals surface area contributed by atoms with Gasteiger partial charge in [0.1, 0.15) is 0 Å². The van der Waals surface area contributed by atoms with Gasteiger partial charge in [0.15, 0.2) is 6.61 Å². The second-order valence-corrected chi connectivity index (χ2v) is 7.09. The zero-order valence-electron chi connectivity index (χ0n) is 14.4. The van der Waals surface area contributed by atoms with Gasteiger partial charge in [0.2, 0.25) is 0 Å². The van der Waals surface area contributed by atoms with Gasteiger partial charge in [-0.05, 0) is 42.0 Å².